The molecule has 0 amide bonds. The van der Waals surface area contributed by atoms with E-state index in [1.165, 1.54) is 11.1 Å². The number of rotatable bonds is 5. The van der Waals surface area contributed by atoms with E-state index < -0.39 is 0 Å². The topological polar surface area (TPSA) is 26.3 Å². The highest BCUT2D eigenvalue weighted by Gasteiger charge is 2.08. The number of hydrogen-bond donors (Lipinski definition) is 0. The third-order valence-electron chi connectivity index (χ3n) is 3.40. The molecule has 2 rings (SSSR count). The van der Waals surface area contributed by atoms with Crippen molar-refractivity contribution >= 4 is 5.78 Å². The molecular weight excluding hydrogens is 248 g/mol. The zero-order valence-electron chi connectivity index (χ0n) is 12.3. The van der Waals surface area contributed by atoms with Crippen LogP contribution in [0.5, 0.6) is 5.75 Å². The fourth-order valence-corrected chi connectivity index (χ4v) is 2.13. The van der Waals surface area contributed by atoms with Gasteiger partial charge >= 0.3 is 0 Å². The van der Waals surface area contributed by atoms with Gasteiger partial charge in [0.25, 0.3) is 0 Å². The van der Waals surface area contributed by atoms with Gasteiger partial charge in [-0.2, -0.15) is 0 Å². The second kappa shape index (κ2) is 6.38. The van der Waals surface area contributed by atoms with Gasteiger partial charge in [-0.3, -0.25) is 4.79 Å². The first-order chi connectivity index (χ1) is 9.60. The van der Waals surface area contributed by atoms with E-state index in [4.69, 9.17) is 4.74 Å². The molecule has 0 aliphatic rings. The first-order valence-electron chi connectivity index (χ1n) is 6.92. The van der Waals surface area contributed by atoms with E-state index in [-0.39, 0.29) is 5.78 Å². The number of benzene rings is 2. The first-order valence-corrected chi connectivity index (χ1v) is 6.92. The Balaban J connectivity index is 2.15. The molecule has 0 saturated carbocycles. The lowest BCUT2D eigenvalue weighted by atomic mass is 9.99. The number of carbonyl (C=O) groups excluding carboxylic acids is 1. The second-order valence-electron chi connectivity index (χ2n) is 4.98. The normalized spacial score (nSPS) is 10.3. The molecule has 0 N–H and O–H groups in total. The summed E-state index contributed by atoms with van der Waals surface area (Å²) in [5.74, 6) is 0.869. The van der Waals surface area contributed by atoms with Crippen LogP contribution in [-0.4, -0.2) is 12.4 Å². The van der Waals surface area contributed by atoms with Crippen molar-refractivity contribution in [1.82, 2.24) is 0 Å². The maximum atomic E-state index is 12.3. The summed E-state index contributed by atoms with van der Waals surface area (Å²) < 4.78 is 5.43. The van der Waals surface area contributed by atoms with E-state index >= 15 is 0 Å². The number of ether oxygens (including phenoxy) is 1. The van der Waals surface area contributed by atoms with Gasteiger partial charge < -0.3 is 4.74 Å². The van der Waals surface area contributed by atoms with Gasteiger partial charge in [-0.1, -0.05) is 30.3 Å². The van der Waals surface area contributed by atoms with Gasteiger partial charge in [0.05, 0.1) is 6.61 Å². The Labute approximate surface area is 120 Å². The van der Waals surface area contributed by atoms with E-state index in [1.807, 2.05) is 37.3 Å². The Morgan fingerprint density at radius 3 is 2.55 bits per heavy atom. The van der Waals surface area contributed by atoms with Crippen LogP contribution in [0, 0.1) is 13.8 Å². The summed E-state index contributed by atoms with van der Waals surface area (Å²) in [5.41, 5.74) is 4.23. The summed E-state index contributed by atoms with van der Waals surface area (Å²) in [4.78, 5) is 12.3. The maximum Gasteiger partial charge on any atom is 0.167 e. The minimum Gasteiger partial charge on any atom is -0.494 e. The molecule has 2 heteroatoms. The van der Waals surface area contributed by atoms with Crippen molar-refractivity contribution < 1.29 is 9.53 Å². The quantitative estimate of drug-likeness (QED) is 0.762. The van der Waals surface area contributed by atoms with Crippen molar-refractivity contribution in [1.29, 1.82) is 0 Å². The van der Waals surface area contributed by atoms with Gasteiger partial charge in [0.2, 0.25) is 0 Å². The number of hydrogen-bond acceptors (Lipinski definition) is 2. The van der Waals surface area contributed by atoms with Crippen LogP contribution in [0.1, 0.15) is 34.0 Å². The summed E-state index contributed by atoms with van der Waals surface area (Å²) in [7, 11) is 0. The Kier molecular flexibility index (Phi) is 4.57. The highest BCUT2D eigenvalue weighted by atomic mass is 16.5. The minimum atomic E-state index is 0.120. The molecule has 0 aliphatic carbocycles. The Morgan fingerprint density at radius 2 is 1.85 bits per heavy atom. The molecule has 0 unspecified atom stereocenters. The molecular formula is C18H20O2. The van der Waals surface area contributed by atoms with Crippen molar-refractivity contribution in [2.75, 3.05) is 6.61 Å². The van der Waals surface area contributed by atoms with E-state index in [1.54, 1.807) is 0 Å². The van der Waals surface area contributed by atoms with Gasteiger partial charge in [0.15, 0.2) is 5.78 Å². The van der Waals surface area contributed by atoms with Gasteiger partial charge in [-0.15, -0.1) is 0 Å². The lowest BCUT2D eigenvalue weighted by Gasteiger charge is -2.07. The van der Waals surface area contributed by atoms with Gasteiger partial charge in [-0.05, 0) is 49.6 Å². The van der Waals surface area contributed by atoms with E-state index in [9.17, 15) is 4.79 Å². The molecule has 20 heavy (non-hydrogen) atoms. The average molecular weight is 268 g/mol. The molecule has 0 aliphatic heterocycles. The molecule has 0 fully saturated rings. The van der Waals surface area contributed by atoms with Gasteiger partial charge in [-0.25, -0.2) is 0 Å². The Bertz CT molecular complexity index is 615. The molecule has 2 aromatic carbocycles. The second-order valence-corrected chi connectivity index (χ2v) is 4.98. The van der Waals surface area contributed by atoms with Gasteiger partial charge in [0, 0.05) is 12.0 Å². The zero-order valence-corrected chi connectivity index (χ0v) is 12.3. The average Bonchev–Trinajstić information content (AvgIpc) is 2.43. The highest BCUT2D eigenvalue weighted by molar-refractivity contribution is 5.97. The molecule has 0 heterocycles. The maximum absolute atomic E-state index is 12.3. The third-order valence-corrected chi connectivity index (χ3v) is 3.40. The molecule has 0 aromatic heterocycles. The lowest BCUT2D eigenvalue weighted by molar-refractivity contribution is 0.0992. The van der Waals surface area contributed by atoms with Crippen molar-refractivity contribution in [2.24, 2.45) is 0 Å². The first kappa shape index (κ1) is 14.3. The minimum absolute atomic E-state index is 0.120. The molecule has 0 bridgehead atoms. The molecule has 104 valence electrons. The molecule has 0 saturated heterocycles. The molecule has 0 radical (unpaired) electrons. The summed E-state index contributed by atoms with van der Waals surface area (Å²) >= 11 is 0. The van der Waals surface area contributed by atoms with Crippen molar-refractivity contribution in [3.63, 3.8) is 0 Å². The van der Waals surface area contributed by atoms with Gasteiger partial charge in [0.1, 0.15) is 5.75 Å². The smallest absolute Gasteiger partial charge is 0.167 e. The monoisotopic (exact) mass is 268 g/mol. The van der Waals surface area contributed by atoms with E-state index in [0.29, 0.717) is 18.6 Å². The lowest BCUT2D eigenvalue weighted by Crippen LogP contribution is -2.04. The molecule has 2 aromatic rings. The summed E-state index contributed by atoms with van der Waals surface area (Å²) in [6, 6.07) is 13.6. The number of ketones is 1. The summed E-state index contributed by atoms with van der Waals surface area (Å²) in [6.45, 7) is 6.68. The molecule has 0 spiro atoms. The number of Topliss-reactive ketones (excluding diaryl/α,β-unsaturated/α-hetero) is 1. The van der Waals surface area contributed by atoms with Crippen LogP contribution in [0.3, 0.4) is 0 Å². The van der Waals surface area contributed by atoms with Crippen LogP contribution >= 0.6 is 0 Å². The summed E-state index contributed by atoms with van der Waals surface area (Å²) in [6.07, 6.45) is 0.427. The predicted octanol–water partition coefficient (Wildman–Crippen LogP) is 4.13. The highest BCUT2D eigenvalue weighted by Crippen LogP contribution is 2.17. The van der Waals surface area contributed by atoms with Crippen LogP contribution in [-0.2, 0) is 6.42 Å². The fourth-order valence-electron chi connectivity index (χ4n) is 2.13. The number of carbonyl (C=O) groups is 1. The third kappa shape index (κ3) is 3.47. The van der Waals surface area contributed by atoms with Crippen LogP contribution in [0.2, 0.25) is 0 Å². The van der Waals surface area contributed by atoms with E-state index in [2.05, 4.69) is 26.0 Å². The zero-order chi connectivity index (χ0) is 14.5. The van der Waals surface area contributed by atoms with Crippen molar-refractivity contribution in [2.45, 2.75) is 27.2 Å². The van der Waals surface area contributed by atoms with Crippen LogP contribution < -0.4 is 4.74 Å². The van der Waals surface area contributed by atoms with Crippen LogP contribution in [0.4, 0.5) is 0 Å². The largest absolute Gasteiger partial charge is 0.494 e. The predicted molar refractivity (Wildman–Crippen MR) is 81.6 cm³/mol. The number of aryl methyl sites for hydroxylation is 2. The van der Waals surface area contributed by atoms with E-state index in [0.717, 1.165) is 11.3 Å². The molecule has 2 nitrogen and oxygen atoms in total. The fraction of sp³-hybridized carbons (Fsp3) is 0.278. The van der Waals surface area contributed by atoms with Crippen molar-refractivity contribution in [3.05, 3.63) is 64.7 Å². The SMILES string of the molecule is CCOc1cccc(C(=O)Cc2ccc(C)c(C)c2)c1. The van der Waals surface area contributed by atoms with Crippen LogP contribution in [0.25, 0.3) is 0 Å². The Morgan fingerprint density at radius 1 is 1.05 bits per heavy atom. The van der Waals surface area contributed by atoms with Crippen molar-refractivity contribution in [3.8, 4) is 5.75 Å². The standard InChI is InChI=1S/C18H20O2/c1-4-20-17-7-5-6-16(12-17)18(19)11-15-9-8-13(2)14(3)10-15/h5-10,12H,4,11H2,1-3H3. The van der Waals surface area contributed by atoms with Crippen LogP contribution in [0.15, 0.2) is 42.5 Å². The summed E-state index contributed by atoms with van der Waals surface area (Å²) in [5, 5.41) is 0. The molecule has 0 atom stereocenters. The Hall–Kier alpha value is -2.09.